The van der Waals surface area contributed by atoms with Gasteiger partial charge in [0.05, 0.1) is 4.92 Å². The van der Waals surface area contributed by atoms with E-state index >= 15 is 0 Å². The minimum Gasteiger partial charge on any atom is -0.480 e. The third-order valence-corrected chi connectivity index (χ3v) is 2.65. The molecule has 118 valence electrons. The average Bonchev–Trinajstić information content (AvgIpc) is 2.44. The van der Waals surface area contributed by atoms with E-state index in [9.17, 15) is 24.5 Å². The second kappa shape index (κ2) is 7.72. The van der Waals surface area contributed by atoms with Crippen LogP contribution in [-0.2, 0) is 25.5 Å². The van der Waals surface area contributed by atoms with Crippen molar-refractivity contribution < 1.29 is 29.2 Å². The summed E-state index contributed by atoms with van der Waals surface area (Å²) in [6.45, 7) is 0.491. The van der Waals surface area contributed by atoms with Gasteiger partial charge in [0.25, 0.3) is 11.6 Å². The largest absolute Gasteiger partial charge is 0.480 e. The number of para-hydroxylation sites is 1. The number of ether oxygens (including phenoxy) is 1. The van der Waals surface area contributed by atoms with Gasteiger partial charge in [-0.25, -0.2) is 4.79 Å². The van der Waals surface area contributed by atoms with Crippen LogP contribution < -0.4 is 5.32 Å². The van der Waals surface area contributed by atoms with E-state index in [1.165, 1.54) is 24.3 Å². The molecule has 2 N–H and O–H groups in total. The molecule has 0 saturated heterocycles. The Morgan fingerprint density at radius 2 is 2.00 bits per heavy atom. The van der Waals surface area contributed by atoms with E-state index in [4.69, 9.17) is 5.11 Å². The van der Waals surface area contributed by atoms with E-state index in [1.54, 1.807) is 0 Å². The van der Waals surface area contributed by atoms with Crippen molar-refractivity contribution in [2.75, 3.05) is 6.61 Å². The van der Waals surface area contributed by atoms with Gasteiger partial charge in [-0.05, 0) is 0 Å². The number of hydrogen-bond acceptors (Lipinski definition) is 6. The Labute approximate surface area is 125 Å². The van der Waals surface area contributed by atoms with Crippen molar-refractivity contribution in [1.82, 2.24) is 5.32 Å². The van der Waals surface area contributed by atoms with Gasteiger partial charge in [0.15, 0.2) is 6.61 Å². The van der Waals surface area contributed by atoms with E-state index in [2.05, 4.69) is 10.1 Å². The normalized spacial score (nSPS) is 11.3. The fourth-order valence-corrected chi connectivity index (χ4v) is 1.68. The van der Waals surface area contributed by atoms with Crippen LogP contribution in [0.1, 0.15) is 12.5 Å². The lowest BCUT2D eigenvalue weighted by molar-refractivity contribution is -0.385. The summed E-state index contributed by atoms with van der Waals surface area (Å²) in [7, 11) is 0. The summed E-state index contributed by atoms with van der Waals surface area (Å²) in [5.41, 5.74) is -0.0596. The molecule has 1 amide bonds. The molecule has 0 radical (unpaired) electrons. The number of benzene rings is 1. The minimum atomic E-state index is -1.37. The number of rotatable bonds is 7. The van der Waals surface area contributed by atoms with Gasteiger partial charge in [0.2, 0.25) is 0 Å². The first kappa shape index (κ1) is 17.1. The van der Waals surface area contributed by atoms with Gasteiger partial charge in [-0.15, -0.1) is 0 Å². The third-order valence-electron chi connectivity index (χ3n) is 2.65. The van der Waals surface area contributed by atoms with Crippen LogP contribution in [0.5, 0.6) is 0 Å². The summed E-state index contributed by atoms with van der Waals surface area (Å²) in [4.78, 5) is 43.5. The van der Waals surface area contributed by atoms with E-state index in [-0.39, 0.29) is 17.7 Å². The Morgan fingerprint density at radius 1 is 1.36 bits per heavy atom. The maximum atomic E-state index is 11.5. The predicted octanol–water partition coefficient (Wildman–Crippen LogP) is 0.270. The molecule has 0 aliphatic heterocycles. The van der Waals surface area contributed by atoms with Crippen LogP contribution in [0.25, 0.3) is 0 Å². The molecule has 1 aromatic rings. The molecule has 22 heavy (non-hydrogen) atoms. The first-order valence-corrected chi connectivity index (χ1v) is 6.19. The highest BCUT2D eigenvalue weighted by Gasteiger charge is 2.24. The van der Waals surface area contributed by atoms with Crippen LogP contribution in [0.4, 0.5) is 5.69 Å². The summed E-state index contributed by atoms with van der Waals surface area (Å²) < 4.78 is 4.44. The summed E-state index contributed by atoms with van der Waals surface area (Å²) in [6, 6.07) is 4.27. The van der Waals surface area contributed by atoms with Crippen LogP contribution in [0.2, 0.25) is 0 Å². The standard InChI is InChI=1S/C13H14N2O7/c1-8(16)22-7-12(17)14-10(13(18)19)6-9-4-2-3-5-11(9)15(20)21/h2-5,10H,6-7H2,1H3,(H,14,17)(H,18,19)/t10-/m0/s1. The molecule has 9 heteroatoms. The van der Waals surface area contributed by atoms with E-state index in [1.807, 2.05) is 0 Å². The van der Waals surface area contributed by atoms with Gasteiger partial charge >= 0.3 is 11.9 Å². The van der Waals surface area contributed by atoms with Crippen LogP contribution in [0, 0.1) is 10.1 Å². The summed E-state index contributed by atoms with van der Waals surface area (Å²) in [6.07, 6.45) is -0.266. The Kier molecular flexibility index (Phi) is 5.99. The zero-order chi connectivity index (χ0) is 16.7. The van der Waals surface area contributed by atoms with E-state index < -0.39 is 35.4 Å². The quantitative estimate of drug-likeness (QED) is 0.419. The molecule has 1 rings (SSSR count). The molecule has 1 atom stereocenters. The Morgan fingerprint density at radius 3 is 2.55 bits per heavy atom. The Hall–Kier alpha value is -2.97. The molecule has 0 bridgehead atoms. The number of nitrogens with zero attached hydrogens (tertiary/aromatic N) is 1. The fourth-order valence-electron chi connectivity index (χ4n) is 1.68. The number of nitrogens with one attached hydrogen (secondary N) is 1. The number of carbonyl (C=O) groups is 3. The molecule has 0 spiro atoms. The van der Waals surface area contributed by atoms with Crippen molar-refractivity contribution in [3.05, 3.63) is 39.9 Å². The van der Waals surface area contributed by atoms with Crippen molar-refractivity contribution in [3.63, 3.8) is 0 Å². The number of carboxylic acids is 1. The molecule has 0 saturated carbocycles. The lowest BCUT2D eigenvalue weighted by Crippen LogP contribution is -2.44. The second-order valence-corrected chi connectivity index (χ2v) is 4.33. The van der Waals surface area contributed by atoms with Crippen molar-refractivity contribution in [1.29, 1.82) is 0 Å². The second-order valence-electron chi connectivity index (χ2n) is 4.33. The fraction of sp³-hybridized carbons (Fsp3) is 0.308. The van der Waals surface area contributed by atoms with Crippen molar-refractivity contribution in [2.45, 2.75) is 19.4 Å². The topological polar surface area (TPSA) is 136 Å². The third kappa shape index (κ3) is 5.19. The number of carbonyl (C=O) groups excluding carboxylic acids is 2. The Balaban J connectivity index is 2.81. The SMILES string of the molecule is CC(=O)OCC(=O)N[C@@H](Cc1ccccc1[N+](=O)[O-])C(=O)O. The smallest absolute Gasteiger partial charge is 0.326 e. The van der Waals surface area contributed by atoms with Crippen LogP contribution >= 0.6 is 0 Å². The van der Waals surface area contributed by atoms with Crippen LogP contribution in [0.3, 0.4) is 0 Å². The summed E-state index contributed by atoms with van der Waals surface area (Å²) >= 11 is 0. The van der Waals surface area contributed by atoms with Gasteiger partial charge in [0.1, 0.15) is 6.04 Å². The molecule has 0 heterocycles. The first-order chi connectivity index (χ1) is 10.3. The summed E-state index contributed by atoms with van der Waals surface area (Å²) in [5.74, 6) is -2.84. The van der Waals surface area contributed by atoms with Crippen molar-refractivity contribution in [3.8, 4) is 0 Å². The number of amides is 1. The van der Waals surface area contributed by atoms with Gasteiger partial charge < -0.3 is 15.2 Å². The predicted molar refractivity (Wildman–Crippen MR) is 73.0 cm³/mol. The number of hydrogen-bond donors (Lipinski definition) is 2. The number of carboxylic acid groups (broad SMARTS) is 1. The van der Waals surface area contributed by atoms with Crippen LogP contribution in [-0.4, -0.2) is 40.5 Å². The molecule has 9 nitrogen and oxygen atoms in total. The average molecular weight is 310 g/mol. The van der Waals surface area contributed by atoms with Gasteiger partial charge in [0, 0.05) is 25.0 Å². The summed E-state index contributed by atoms with van der Waals surface area (Å²) in [5, 5.41) is 22.1. The lowest BCUT2D eigenvalue weighted by atomic mass is 10.0. The van der Waals surface area contributed by atoms with Crippen molar-refractivity contribution in [2.24, 2.45) is 0 Å². The highest BCUT2D eigenvalue weighted by Crippen LogP contribution is 2.19. The van der Waals surface area contributed by atoms with Gasteiger partial charge in [-0.2, -0.15) is 0 Å². The van der Waals surface area contributed by atoms with Crippen molar-refractivity contribution >= 4 is 23.5 Å². The highest BCUT2D eigenvalue weighted by atomic mass is 16.6. The monoisotopic (exact) mass is 310 g/mol. The lowest BCUT2D eigenvalue weighted by Gasteiger charge is -2.14. The van der Waals surface area contributed by atoms with E-state index in [0.717, 1.165) is 6.92 Å². The zero-order valence-electron chi connectivity index (χ0n) is 11.6. The maximum absolute atomic E-state index is 11.5. The molecule has 0 aromatic heterocycles. The molecule has 0 aliphatic rings. The Bertz CT molecular complexity index is 600. The molecule has 1 aromatic carbocycles. The van der Waals surface area contributed by atoms with Crippen LogP contribution in [0.15, 0.2) is 24.3 Å². The number of esters is 1. The van der Waals surface area contributed by atoms with Gasteiger partial charge in [-0.3, -0.25) is 19.7 Å². The molecule has 0 fully saturated rings. The highest BCUT2D eigenvalue weighted by molar-refractivity contribution is 5.85. The molecular formula is C13H14N2O7. The maximum Gasteiger partial charge on any atom is 0.326 e. The molecule has 0 unspecified atom stereocenters. The number of nitro benzene ring substituents is 1. The number of nitro groups is 1. The van der Waals surface area contributed by atoms with E-state index in [0.29, 0.717) is 0 Å². The first-order valence-electron chi connectivity index (χ1n) is 6.19. The van der Waals surface area contributed by atoms with Gasteiger partial charge in [-0.1, -0.05) is 18.2 Å². The molecular weight excluding hydrogens is 296 g/mol. The molecule has 0 aliphatic carbocycles. The zero-order valence-corrected chi connectivity index (χ0v) is 11.6. The number of aliphatic carboxylic acids is 1. The minimum absolute atomic E-state index is 0.174.